The van der Waals surface area contributed by atoms with Crippen molar-refractivity contribution >= 4 is 0 Å². The molecule has 1 unspecified atom stereocenters. The van der Waals surface area contributed by atoms with Gasteiger partial charge in [0.15, 0.2) is 0 Å². The van der Waals surface area contributed by atoms with Crippen LogP contribution in [0.25, 0.3) is 0 Å². The van der Waals surface area contributed by atoms with Crippen molar-refractivity contribution in [2.75, 3.05) is 0 Å². The van der Waals surface area contributed by atoms with E-state index in [1.54, 1.807) is 6.92 Å². The molecule has 0 amide bonds. The predicted octanol–water partition coefficient (Wildman–Crippen LogP) is 3.02. The third-order valence-corrected chi connectivity index (χ3v) is 1.54. The van der Waals surface area contributed by atoms with Crippen molar-refractivity contribution in [2.45, 2.75) is 53.1 Å². The molecule has 0 heterocycles. The third kappa shape index (κ3) is 7.96. The minimum absolute atomic E-state index is 0.373. The summed E-state index contributed by atoms with van der Waals surface area (Å²) in [6.07, 6.45) is 2.70. The number of rotatable bonds is 3. The molecule has 0 saturated carbocycles. The molecule has 0 aliphatic rings. The molecule has 0 bridgehead atoms. The fraction of sp³-hybridized carbons (Fsp3) is 1.00. The van der Waals surface area contributed by atoms with Crippen LogP contribution in [0, 0.1) is 5.41 Å². The summed E-state index contributed by atoms with van der Waals surface area (Å²) in [7, 11) is 0. The highest BCUT2D eigenvalue weighted by molar-refractivity contribution is 4.61. The van der Waals surface area contributed by atoms with E-state index < -0.39 is 0 Å². The van der Waals surface area contributed by atoms with Crippen molar-refractivity contribution < 1.29 is 5.11 Å². The van der Waals surface area contributed by atoms with Gasteiger partial charge >= 0.3 is 0 Å². The first kappa shape index (κ1) is 9.96. The Kier molecular flexibility index (Phi) is 3.95. The minimum atomic E-state index is -0.373. The molecule has 0 aliphatic heterocycles. The van der Waals surface area contributed by atoms with Crippen LogP contribution in [0.2, 0.25) is 0 Å². The molecule has 1 radical (unpaired) electrons. The smallest absolute Gasteiger partial charge is 0.0902 e. The highest BCUT2D eigenvalue weighted by Crippen LogP contribution is 2.21. The Morgan fingerprint density at radius 1 is 1.30 bits per heavy atom. The summed E-state index contributed by atoms with van der Waals surface area (Å²) in [4.78, 5) is 0. The topological polar surface area (TPSA) is 19.9 Å². The maximum absolute atomic E-state index is 10.6. The van der Waals surface area contributed by atoms with Crippen molar-refractivity contribution in [3.63, 3.8) is 0 Å². The van der Waals surface area contributed by atoms with Gasteiger partial charge in [-0.1, -0.05) is 27.2 Å². The molecule has 0 N–H and O–H groups in total. The molecule has 0 saturated heterocycles. The molecule has 1 nitrogen and oxygen atoms in total. The van der Waals surface area contributed by atoms with Crippen molar-refractivity contribution in [1.82, 2.24) is 0 Å². The van der Waals surface area contributed by atoms with Gasteiger partial charge in [-0.2, -0.15) is 0 Å². The van der Waals surface area contributed by atoms with Crippen LogP contribution in [0.4, 0.5) is 0 Å². The highest BCUT2D eigenvalue weighted by atomic mass is 16.3. The Labute approximate surface area is 64.5 Å². The quantitative estimate of drug-likeness (QED) is 0.578. The van der Waals surface area contributed by atoms with Gasteiger partial charge in [-0.15, -0.1) is 0 Å². The first-order valence-electron chi connectivity index (χ1n) is 4.07. The van der Waals surface area contributed by atoms with Crippen LogP contribution in [0.1, 0.15) is 47.0 Å². The molecule has 1 atom stereocenters. The maximum Gasteiger partial charge on any atom is 0.0902 e. The van der Waals surface area contributed by atoms with Crippen LogP contribution in [-0.4, -0.2) is 6.10 Å². The lowest BCUT2D eigenvalue weighted by molar-refractivity contribution is 0.0924. The lowest BCUT2D eigenvalue weighted by atomic mass is 9.89. The number of hydrogen-bond donors (Lipinski definition) is 0. The van der Waals surface area contributed by atoms with Gasteiger partial charge in [0.25, 0.3) is 0 Å². The molecule has 0 rings (SSSR count). The van der Waals surface area contributed by atoms with Gasteiger partial charge in [0.1, 0.15) is 0 Å². The van der Waals surface area contributed by atoms with Gasteiger partial charge in [-0.3, -0.25) is 0 Å². The van der Waals surface area contributed by atoms with E-state index in [1.165, 1.54) is 6.42 Å². The molecular formula is C9H19O. The highest BCUT2D eigenvalue weighted by Gasteiger charge is 2.09. The first-order valence-corrected chi connectivity index (χ1v) is 4.07. The van der Waals surface area contributed by atoms with E-state index in [1.807, 2.05) is 0 Å². The zero-order chi connectivity index (χ0) is 8.20. The van der Waals surface area contributed by atoms with Gasteiger partial charge < -0.3 is 0 Å². The van der Waals surface area contributed by atoms with E-state index >= 15 is 0 Å². The fourth-order valence-electron chi connectivity index (χ4n) is 0.920. The molecule has 10 heavy (non-hydrogen) atoms. The zero-order valence-electron chi connectivity index (χ0n) is 7.61. The molecule has 61 valence electrons. The van der Waals surface area contributed by atoms with Crippen LogP contribution < -0.4 is 0 Å². The summed E-state index contributed by atoms with van der Waals surface area (Å²) in [5.74, 6) is 0. The molecule has 0 fully saturated rings. The molecular weight excluding hydrogens is 124 g/mol. The summed E-state index contributed by atoms with van der Waals surface area (Å²) >= 11 is 0. The molecule has 0 aromatic carbocycles. The molecule has 0 aromatic rings. The van der Waals surface area contributed by atoms with E-state index in [0.717, 1.165) is 12.8 Å². The molecule has 0 aliphatic carbocycles. The van der Waals surface area contributed by atoms with Crippen molar-refractivity contribution in [2.24, 2.45) is 5.41 Å². The Balaban J connectivity index is 3.21. The van der Waals surface area contributed by atoms with E-state index in [4.69, 9.17) is 0 Å². The van der Waals surface area contributed by atoms with E-state index in [2.05, 4.69) is 20.8 Å². The van der Waals surface area contributed by atoms with E-state index in [9.17, 15) is 5.11 Å². The summed E-state index contributed by atoms with van der Waals surface area (Å²) in [5.41, 5.74) is 0.398. The molecule has 1 heteroatoms. The van der Waals surface area contributed by atoms with Crippen LogP contribution in [-0.2, 0) is 5.11 Å². The van der Waals surface area contributed by atoms with Gasteiger partial charge in [0.2, 0.25) is 0 Å². The lowest BCUT2D eigenvalue weighted by Crippen LogP contribution is -2.06. The van der Waals surface area contributed by atoms with Crippen LogP contribution in [0.15, 0.2) is 0 Å². The Morgan fingerprint density at radius 3 is 2.10 bits per heavy atom. The third-order valence-electron chi connectivity index (χ3n) is 1.54. The van der Waals surface area contributed by atoms with Crippen LogP contribution >= 0.6 is 0 Å². The lowest BCUT2D eigenvalue weighted by Gasteiger charge is -2.17. The van der Waals surface area contributed by atoms with E-state index in [-0.39, 0.29) is 6.10 Å². The Bertz CT molecular complexity index is 79.2. The van der Waals surface area contributed by atoms with Crippen molar-refractivity contribution in [3.05, 3.63) is 0 Å². The molecule has 0 aromatic heterocycles. The predicted molar refractivity (Wildman–Crippen MR) is 43.5 cm³/mol. The molecule has 0 spiro atoms. The summed E-state index contributed by atoms with van der Waals surface area (Å²) in [5, 5.41) is 10.6. The largest absolute Gasteiger partial charge is 0.233 e. The monoisotopic (exact) mass is 143 g/mol. The minimum Gasteiger partial charge on any atom is -0.233 e. The maximum atomic E-state index is 10.6. The van der Waals surface area contributed by atoms with Crippen LogP contribution in [0.5, 0.6) is 0 Å². The van der Waals surface area contributed by atoms with Crippen molar-refractivity contribution in [1.29, 1.82) is 0 Å². The SMILES string of the molecule is CC([O])CCCC(C)(C)C. The van der Waals surface area contributed by atoms with Gasteiger partial charge in [-0.25, -0.2) is 5.11 Å². The Hall–Kier alpha value is -0.0400. The second-order valence-electron chi connectivity index (χ2n) is 4.26. The van der Waals surface area contributed by atoms with Crippen LogP contribution in [0.3, 0.4) is 0 Å². The van der Waals surface area contributed by atoms with Gasteiger partial charge in [-0.05, 0) is 25.2 Å². The van der Waals surface area contributed by atoms with Crippen molar-refractivity contribution in [3.8, 4) is 0 Å². The summed E-state index contributed by atoms with van der Waals surface area (Å²) in [6.45, 7) is 8.37. The standard InChI is InChI=1S/C9H19O/c1-8(10)6-5-7-9(2,3)4/h8H,5-7H2,1-4H3. The normalized spacial score (nSPS) is 15.3. The summed E-state index contributed by atoms with van der Waals surface area (Å²) in [6, 6.07) is 0. The summed E-state index contributed by atoms with van der Waals surface area (Å²) < 4.78 is 0. The Morgan fingerprint density at radius 2 is 1.80 bits per heavy atom. The first-order chi connectivity index (χ1) is 4.42. The van der Waals surface area contributed by atoms with E-state index in [0.29, 0.717) is 5.41 Å². The fourth-order valence-corrected chi connectivity index (χ4v) is 0.920. The average Bonchev–Trinajstić information content (AvgIpc) is 1.59. The number of hydrogen-bond acceptors (Lipinski definition) is 0. The van der Waals surface area contributed by atoms with Gasteiger partial charge in [0, 0.05) is 0 Å². The second kappa shape index (κ2) is 3.97. The van der Waals surface area contributed by atoms with Gasteiger partial charge in [0.05, 0.1) is 6.10 Å². The second-order valence-corrected chi connectivity index (χ2v) is 4.26. The zero-order valence-corrected chi connectivity index (χ0v) is 7.61. The average molecular weight is 143 g/mol.